The molecule has 138 valence electrons. The normalized spacial score (nSPS) is 15.4. The number of nitrogens with two attached hydrogens (primary N) is 1. The Hall–Kier alpha value is -1.86. The Morgan fingerprint density at radius 2 is 1.83 bits per heavy atom. The highest BCUT2D eigenvalue weighted by atomic mass is 16.5. The maximum Gasteiger partial charge on any atom is 0.217 e. The summed E-state index contributed by atoms with van der Waals surface area (Å²) in [5.41, 5.74) is 4.75. The van der Waals surface area contributed by atoms with E-state index in [2.05, 4.69) is 22.5 Å². The van der Waals surface area contributed by atoms with Crippen LogP contribution in [0.15, 0.2) is 24.0 Å². The molecule has 0 bridgehead atoms. The number of likely N-dealkylation sites (N-methyl/N-ethyl adjacent to an activating group) is 1. The second-order valence-electron chi connectivity index (χ2n) is 7.19. The average Bonchev–Trinajstić information content (AvgIpc) is 2.37. The summed E-state index contributed by atoms with van der Waals surface area (Å²) in [4.78, 5) is 11.8. The van der Waals surface area contributed by atoms with Crippen LogP contribution in [0.3, 0.4) is 0 Å². The Kier molecular flexibility index (Phi) is 7.66. The van der Waals surface area contributed by atoms with Crippen LogP contribution in [0.1, 0.15) is 41.5 Å². The van der Waals surface area contributed by atoms with Gasteiger partial charge < -0.3 is 26.5 Å². The second-order valence-corrected chi connectivity index (χ2v) is 7.19. The van der Waals surface area contributed by atoms with Gasteiger partial charge in [0.05, 0.1) is 5.60 Å². The summed E-state index contributed by atoms with van der Waals surface area (Å²) in [7, 11) is 1.70. The highest BCUT2D eigenvalue weighted by Crippen LogP contribution is 2.23. The lowest BCUT2D eigenvalue weighted by Crippen LogP contribution is -2.63. The third-order valence-corrected chi connectivity index (χ3v) is 3.26. The van der Waals surface area contributed by atoms with E-state index in [1.807, 2.05) is 34.6 Å². The van der Waals surface area contributed by atoms with E-state index in [-0.39, 0.29) is 23.8 Å². The molecule has 24 heavy (non-hydrogen) atoms. The van der Waals surface area contributed by atoms with E-state index in [0.717, 1.165) is 6.21 Å². The van der Waals surface area contributed by atoms with Crippen molar-refractivity contribution in [3.8, 4) is 0 Å². The quantitative estimate of drug-likeness (QED) is 0.320. The number of hydrogen-bond acceptors (Lipinski definition) is 6. The summed E-state index contributed by atoms with van der Waals surface area (Å²) in [5.74, 6) is -0.260. The Labute approximate surface area is 145 Å². The number of allylic oxidation sites excluding steroid dienone is 1. The van der Waals surface area contributed by atoms with Crippen molar-refractivity contribution in [2.45, 2.75) is 58.4 Å². The number of carbonyl (C=O) groups is 1. The summed E-state index contributed by atoms with van der Waals surface area (Å²) < 4.78 is 6.00. The van der Waals surface area contributed by atoms with Crippen LogP contribution in [0.2, 0.25) is 0 Å². The van der Waals surface area contributed by atoms with Crippen LogP contribution in [0.5, 0.6) is 0 Å². The van der Waals surface area contributed by atoms with Gasteiger partial charge in [0, 0.05) is 38.1 Å². The van der Waals surface area contributed by atoms with E-state index >= 15 is 0 Å². The molecule has 0 aromatic heterocycles. The maximum atomic E-state index is 11.8. The molecule has 0 heterocycles. The molecule has 0 fully saturated rings. The number of hydrogen-bond donors (Lipinski definition) is 5. The minimum atomic E-state index is -1.09. The van der Waals surface area contributed by atoms with Gasteiger partial charge >= 0.3 is 0 Å². The maximum absolute atomic E-state index is 11.8. The molecule has 0 radical (unpaired) electrons. The zero-order valence-corrected chi connectivity index (χ0v) is 16.0. The van der Waals surface area contributed by atoms with Crippen LogP contribution in [0, 0.1) is 5.41 Å². The lowest BCUT2D eigenvalue weighted by Gasteiger charge is -2.41. The Morgan fingerprint density at radius 1 is 1.29 bits per heavy atom. The third kappa shape index (κ3) is 6.72. The van der Waals surface area contributed by atoms with Crippen LogP contribution >= 0.6 is 0 Å². The van der Waals surface area contributed by atoms with Crippen molar-refractivity contribution in [2.24, 2.45) is 5.73 Å². The van der Waals surface area contributed by atoms with Gasteiger partial charge in [-0.25, -0.2) is 0 Å². The van der Waals surface area contributed by atoms with E-state index in [4.69, 9.17) is 15.9 Å². The summed E-state index contributed by atoms with van der Waals surface area (Å²) in [6, 6.07) is 0. The van der Waals surface area contributed by atoms with Crippen molar-refractivity contribution in [1.82, 2.24) is 16.0 Å². The van der Waals surface area contributed by atoms with Crippen LogP contribution in [0.4, 0.5) is 0 Å². The van der Waals surface area contributed by atoms with Crippen LogP contribution in [0.25, 0.3) is 0 Å². The van der Waals surface area contributed by atoms with Crippen LogP contribution < -0.4 is 21.7 Å². The fourth-order valence-electron chi connectivity index (χ4n) is 2.54. The van der Waals surface area contributed by atoms with Gasteiger partial charge in [-0.3, -0.25) is 10.1 Å². The first-order valence-corrected chi connectivity index (χ1v) is 7.87. The first-order chi connectivity index (χ1) is 10.8. The first kappa shape index (κ1) is 22.1. The molecule has 1 amide bonds. The standard InChI is InChI=1S/C17H33N5O2/c1-12(19)17(22-13(2)23,14(20-8)9-10-18)11-21-16(6,7)24-15(3,4)5/h9-10,18,20-21H,1,11,19H2,2-8H3,(H,22,23)/b14-9-,18-10?. The SMILES string of the molecule is C=C(N)C(CNC(C)(C)OC(C)(C)C)(NC(C)=O)/C(=C/C=N)NC. The molecule has 7 heteroatoms. The number of rotatable bonds is 9. The molecule has 0 aromatic carbocycles. The van der Waals surface area contributed by atoms with Crippen molar-refractivity contribution in [3.63, 3.8) is 0 Å². The molecular weight excluding hydrogens is 306 g/mol. The number of amides is 1. The average molecular weight is 339 g/mol. The molecule has 0 aliphatic heterocycles. The first-order valence-electron chi connectivity index (χ1n) is 7.87. The van der Waals surface area contributed by atoms with Gasteiger partial charge in [0.15, 0.2) is 0 Å². The molecule has 0 aliphatic carbocycles. The molecular formula is C17H33N5O2. The van der Waals surface area contributed by atoms with Crippen molar-refractivity contribution in [2.75, 3.05) is 13.6 Å². The number of ether oxygens (including phenoxy) is 1. The molecule has 7 nitrogen and oxygen atoms in total. The zero-order valence-electron chi connectivity index (χ0n) is 16.0. The third-order valence-electron chi connectivity index (χ3n) is 3.26. The van der Waals surface area contributed by atoms with E-state index in [0.29, 0.717) is 5.70 Å². The zero-order chi connectivity index (χ0) is 19.2. The van der Waals surface area contributed by atoms with Gasteiger partial charge in [0.1, 0.15) is 11.3 Å². The molecule has 0 aromatic rings. The lowest BCUT2D eigenvalue weighted by molar-refractivity contribution is -0.132. The summed E-state index contributed by atoms with van der Waals surface area (Å²) >= 11 is 0. The summed E-state index contributed by atoms with van der Waals surface area (Å²) in [6.45, 7) is 15.2. The summed E-state index contributed by atoms with van der Waals surface area (Å²) in [5, 5.41) is 16.5. The fraction of sp³-hybridized carbons (Fsp3) is 0.647. The van der Waals surface area contributed by atoms with Gasteiger partial charge in [-0.05, 0) is 40.7 Å². The largest absolute Gasteiger partial charge is 0.400 e. The van der Waals surface area contributed by atoms with Crippen LogP contribution in [-0.4, -0.2) is 42.6 Å². The number of nitrogens with one attached hydrogen (secondary N) is 4. The molecule has 0 spiro atoms. The molecule has 1 atom stereocenters. The summed E-state index contributed by atoms with van der Waals surface area (Å²) in [6.07, 6.45) is 2.66. The molecule has 1 unspecified atom stereocenters. The molecule has 0 saturated heterocycles. The van der Waals surface area contributed by atoms with Gasteiger partial charge in [-0.2, -0.15) is 0 Å². The van der Waals surface area contributed by atoms with Gasteiger partial charge in [0.2, 0.25) is 5.91 Å². The molecule has 6 N–H and O–H groups in total. The Morgan fingerprint density at radius 3 is 2.17 bits per heavy atom. The van der Waals surface area contributed by atoms with E-state index in [9.17, 15) is 4.79 Å². The second kappa shape index (κ2) is 8.30. The highest BCUT2D eigenvalue weighted by Gasteiger charge is 2.39. The fourth-order valence-corrected chi connectivity index (χ4v) is 2.54. The van der Waals surface area contributed by atoms with E-state index < -0.39 is 11.3 Å². The predicted molar refractivity (Wildman–Crippen MR) is 98.7 cm³/mol. The van der Waals surface area contributed by atoms with E-state index in [1.54, 1.807) is 7.05 Å². The molecule has 0 aliphatic rings. The van der Waals surface area contributed by atoms with Crippen molar-refractivity contribution >= 4 is 12.1 Å². The van der Waals surface area contributed by atoms with Crippen molar-refractivity contribution in [3.05, 3.63) is 24.0 Å². The van der Waals surface area contributed by atoms with Gasteiger partial charge in [-0.1, -0.05) is 6.58 Å². The monoisotopic (exact) mass is 339 g/mol. The topological polar surface area (TPSA) is 112 Å². The highest BCUT2D eigenvalue weighted by molar-refractivity contribution is 5.77. The predicted octanol–water partition coefficient (Wildman–Crippen LogP) is 1.23. The Bertz CT molecular complexity index is 506. The smallest absolute Gasteiger partial charge is 0.217 e. The lowest BCUT2D eigenvalue weighted by atomic mass is 9.90. The Balaban J connectivity index is 5.71. The van der Waals surface area contributed by atoms with Crippen molar-refractivity contribution in [1.29, 1.82) is 5.41 Å². The molecule has 0 saturated carbocycles. The minimum absolute atomic E-state index is 0.242. The van der Waals surface area contributed by atoms with E-state index in [1.165, 1.54) is 13.0 Å². The van der Waals surface area contributed by atoms with Gasteiger partial charge in [0.25, 0.3) is 0 Å². The van der Waals surface area contributed by atoms with Crippen molar-refractivity contribution < 1.29 is 9.53 Å². The van der Waals surface area contributed by atoms with Crippen LogP contribution in [-0.2, 0) is 9.53 Å². The number of carbonyl (C=O) groups excluding carboxylic acids is 1. The molecule has 0 rings (SSSR count). The minimum Gasteiger partial charge on any atom is -0.400 e. The van der Waals surface area contributed by atoms with Gasteiger partial charge in [-0.15, -0.1) is 0 Å².